The van der Waals surface area contributed by atoms with Crippen LogP contribution in [0.15, 0.2) is 36.9 Å². The van der Waals surface area contributed by atoms with Crippen LogP contribution >= 0.6 is 0 Å². The molecule has 0 aliphatic rings. The van der Waals surface area contributed by atoms with Crippen LogP contribution < -0.4 is 4.74 Å². The van der Waals surface area contributed by atoms with Crippen LogP contribution in [-0.4, -0.2) is 27.7 Å². The third kappa shape index (κ3) is 1.63. The lowest BCUT2D eigenvalue weighted by Crippen LogP contribution is -2.06. The minimum atomic E-state index is -1.03. The summed E-state index contributed by atoms with van der Waals surface area (Å²) in [4.78, 5) is 15.1. The molecule has 0 saturated carbocycles. The maximum atomic E-state index is 11.2. The number of carboxylic acid groups (broad SMARTS) is 1. The number of ether oxygens (including phenoxy) is 1. The van der Waals surface area contributed by atoms with Crippen LogP contribution in [0.3, 0.4) is 0 Å². The molecule has 5 nitrogen and oxygen atoms in total. The highest BCUT2D eigenvalue weighted by Crippen LogP contribution is 2.24. The minimum absolute atomic E-state index is 0.128. The van der Waals surface area contributed by atoms with Crippen LogP contribution in [0.4, 0.5) is 0 Å². The smallest absolute Gasteiger partial charge is 0.341 e. The van der Waals surface area contributed by atoms with Gasteiger partial charge in [-0.2, -0.15) is 0 Å². The lowest BCUT2D eigenvalue weighted by Gasteiger charge is -2.10. The normalized spacial score (nSPS) is 10.1. The molecule has 0 fully saturated rings. The first-order valence-corrected chi connectivity index (χ1v) is 4.62. The molecule has 0 aliphatic heterocycles. The van der Waals surface area contributed by atoms with Gasteiger partial charge in [-0.3, -0.25) is 0 Å². The molecular formula is C11H10N2O3. The lowest BCUT2D eigenvalue weighted by atomic mass is 10.1. The Bertz CT molecular complexity index is 506. The highest BCUT2D eigenvalue weighted by Gasteiger charge is 2.16. The molecule has 0 unspecified atom stereocenters. The number of carbonyl (C=O) groups is 1. The van der Waals surface area contributed by atoms with E-state index in [4.69, 9.17) is 9.84 Å². The number of hydrogen-bond acceptors (Lipinski definition) is 3. The summed E-state index contributed by atoms with van der Waals surface area (Å²) in [6.45, 7) is 0. The number of aromatic nitrogens is 2. The van der Waals surface area contributed by atoms with Gasteiger partial charge >= 0.3 is 5.97 Å². The third-order valence-electron chi connectivity index (χ3n) is 2.22. The van der Waals surface area contributed by atoms with Crippen molar-refractivity contribution in [3.63, 3.8) is 0 Å². The standard InChI is InChI=1S/C11H10N2O3/c1-16-9-4-2-3-8(10(9)11(14)15)13-6-5-12-7-13/h2-7H,1H3,(H,14,15). The Labute approximate surface area is 91.9 Å². The van der Waals surface area contributed by atoms with Crippen LogP contribution in [0.5, 0.6) is 5.75 Å². The first-order chi connectivity index (χ1) is 7.74. The van der Waals surface area contributed by atoms with Crippen LogP contribution in [0.2, 0.25) is 0 Å². The van der Waals surface area contributed by atoms with E-state index >= 15 is 0 Å². The van der Waals surface area contributed by atoms with Gasteiger partial charge in [0.25, 0.3) is 0 Å². The van der Waals surface area contributed by atoms with E-state index in [1.54, 1.807) is 41.5 Å². The Hall–Kier alpha value is -2.30. The first-order valence-electron chi connectivity index (χ1n) is 4.62. The highest BCUT2D eigenvalue weighted by atomic mass is 16.5. The molecule has 0 bridgehead atoms. The summed E-state index contributed by atoms with van der Waals surface area (Å²) >= 11 is 0. The highest BCUT2D eigenvalue weighted by molar-refractivity contribution is 5.95. The number of imidazole rings is 1. The summed E-state index contributed by atoms with van der Waals surface area (Å²) in [7, 11) is 1.44. The number of rotatable bonds is 3. The van der Waals surface area contributed by atoms with Crippen molar-refractivity contribution < 1.29 is 14.6 Å². The van der Waals surface area contributed by atoms with Crippen LogP contribution in [-0.2, 0) is 0 Å². The van der Waals surface area contributed by atoms with Crippen molar-refractivity contribution in [2.45, 2.75) is 0 Å². The zero-order chi connectivity index (χ0) is 11.5. The number of benzene rings is 1. The van der Waals surface area contributed by atoms with Crippen molar-refractivity contribution in [1.29, 1.82) is 0 Å². The molecule has 2 aromatic rings. The van der Waals surface area contributed by atoms with E-state index in [2.05, 4.69) is 4.98 Å². The Morgan fingerprint density at radius 3 is 2.88 bits per heavy atom. The van der Waals surface area contributed by atoms with Crippen molar-refractivity contribution >= 4 is 5.97 Å². The Balaban J connectivity index is 2.65. The monoisotopic (exact) mass is 218 g/mol. The van der Waals surface area contributed by atoms with Gasteiger partial charge in [-0.1, -0.05) is 6.07 Å². The molecule has 0 saturated heterocycles. The fraction of sp³-hybridized carbons (Fsp3) is 0.0909. The summed E-state index contributed by atoms with van der Waals surface area (Å²) < 4.78 is 6.66. The maximum absolute atomic E-state index is 11.2. The molecule has 1 N–H and O–H groups in total. The van der Waals surface area contributed by atoms with E-state index in [0.717, 1.165) is 0 Å². The molecule has 0 radical (unpaired) electrons. The fourth-order valence-electron chi connectivity index (χ4n) is 1.52. The van der Waals surface area contributed by atoms with Crippen molar-refractivity contribution in [1.82, 2.24) is 9.55 Å². The average molecular weight is 218 g/mol. The summed E-state index contributed by atoms with van der Waals surface area (Å²) in [5, 5.41) is 9.16. The quantitative estimate of drug-likeness (QED) is 0.849. The Morgan fingerprint density at radius 2 is 2.31 bits per heavy atom. The van der Waals surface area contributed by atoms with E-state index in [-0.39, 0.29) is 5.56 Å². The molecule has 2 rings (SSSR count). The second-order valence-corrected chi connectivity index (χ2v) is 3.13. The molecule has 1 aromatic heterocycles. The third-order valence-corrected chi connectivity index (χ3v) is 2.22. The average Bonchev–Trinajstić information content (AvgIpc) is 2.81. The first kappa shape index (κ1) is 10.2. The Morgan fingerprint density at radius 1 is 1.50 bits per heavy atom. The number of hydrogen-bond donors (Lipinski definition) is 1. The van der Waals surface area contributed by atoms with E-state index in [1.807, 2.05) is 0 Å². The Kier molecular flexibility index (Phi) is 2.59. The molecule has 16 heavy (non-hydrogen) atoms. The van der Waals surface area contributed by atoms with Gasteiger partial charge < -0.3 is 14.4 Å². The molecule has 0 amide bonds. The van der Waals surface area contributed by atoms with Crippen LogP contribution in [0.25, 0.3) is 5.69 Å². The van der Waals surface area contributed by atoms with Crippen molar-refractivity contribution in [2.75, 3.05) is 7.11 Å². The van der Waals surface area contributed by atoms with Gasteiger partial charge in [0.15, 0.2) is 0 Å². The number of methoxy groups -OCH3 is 1. The van der Waals surface area contributed by atoms with E-state index in [0.29, 0.717) is 11.4 Å². The SMILES string of the molecule is COc1cccc(-n2ccnc2)c1C(=O)O. The second-order valence-electron chi connectivity index (χ2n) is 3.13. The zero-order valence-electron chi connectivity index (χ0n) is 8.62. The number of aromatic carboxylic acids is 1. The van der Waals surface area contributed by atoms with Crippen LogP contribution in [0.1, 0.15) is 10.4 Å². The number of nitrogens with zero attached hydrogens (tertiary/aromatic N) is 2. The minimum Gasteiger partial charge on any atom is -0.496 e. The largest absolute Gasteiger partial charge is 0.496 e. The van der Waals surface area contributed by atoms with Gasteiger partial charge in [0.2, 0.25) is 0 Å². The predicted molar refractivity (Wildman–Crippen MR) is 57.1 cm³/mol. The van der Waals surface area contributed by atoms with Gasteiger partial charge in [0.1, 0.15) is 11.3 Å². The predicted octanol–water partition coefficient (Wildman–Crippen LogP) is 1.58. The molecule has 0 aliphatic carbocycles. The molecule has 0 spiro atoms. The topological polar surface area (TPSA) is 64.4 Å². The van der Waals surface area contributed by atoms with Gasteiger partial charge in [-0.25, -0.2) is 9.78 Å². The lowest BCUT2D eigenvalue weighted by molar-refractivity contribution is 0.0693. The van der Waals surface area contributed by atoms with Crippen molar-refractivity contribution in [3.05, 3.63) is 42.5 Å². The maximum Gasteiger partial charge on any atom is 0.341 e. The van der Waals surface area contributed by atoms with Crippen molar-refractivity contribution in [3.8, 4) is 11.4 Å². The van der Waals surface area contributed by atoms with Gasteiger partial charge in [-0.05, 0) is 12.1 Å². The summed E-state index contributed by atoms with van der Waals surface area (Å²) in [5.74, 6) is -0.695. The molecule has 1 heterocycles. The van der Waals surface area contributed by atoms with Gasteiger partial charge in [0.05, 0.1) is 19.1 Å². The molecule has 0 atom stereocenters. The zero-order valence-corrected chi connectivity index (χ0v) is 8.62. The van der Waals surface area contributed by atoms with E-state index in [1.165, 1.54) is 7.11 Å². The van der Waals surface area contributed by atoms with Gasteiger partial charge in [-0.15, -0.1) is 0 Å². The fourth-order valence-corrected chi connectivity index (χ4v) is 1.52. The number of carboxylic acids is 1. The van der Waals surface area contributed by atoms with E-state index in [9.17, 15) is 4.79 Å². The van der Waals surface area contributed by atoms with E-state index < -0.39 is 5.97 Å². The summed E-state index contributed by atoms with van der Waals surface area (Å²) in [6.07, 6.45) is 4.81. The summed E-state index contributed by atoms with van der Waals surface area (Å²) in [6, 6.07) is 5.05. The molecule has 82 valence electrons. The van der Waals surface area contributed by atoms with Gasteiger partial charge in [0, 0.05) is 12.4 Å². The molecule has 1 aromatic carbocycles. The van der Waals surface area contributed by atoms with Crippen LogP contribution in [0, 0.1) is 0 Å². The molecular weight excluding hydrogens is 208 g/mol. The molecule has 5 heteroatoms. The van der Waals surface area contributed by atoms with Crippen molar-refractivity contribution in [2.24, 2.45) is 0 Å². The second kappa shape index (κ2) is 4.06. The summed E-state index contributed by atoms with van der Waals surface area (Å²) in [5.41, 5.74) is 0.660.